The first kappa shape index (κ1) is 14.7. The Balaban J connectivity index is 2.20. The molecule has 0 amide bonds. The minimum absolute atomic E-state index is 0.0111. The Kier molecular flexibility index (Phi) is 3.42. The van der Waals surface area contributed by atoms with Crippen LogP contribution in [0.1, 0.15) is 42.0 Å². The molecule has 0 unspecified atom stereocenters. The molecule has 0 N–H and O–H groups in total. The number of halogens is 2. The zero-order valence-corrected chi connectivity index (χ0v) is 13.8. The van der Waals surface area contributed by atoms with Crippen LogP contribution in [0.5, 0.6) is 0 Å². The fourth-order valence-corrected chi connectivity index (χ4v) is 3.43. The number of fused-ring (bicyclic) bond motifs is 1. The van der Waals surface area contributed by atoms with E-state index in [1.165, 1.54) is 0 Å². The van der Waals surface area contributed by atoms with Gasteiger partial charge in [0.1, 0.15) is 0 Å². The summed E-state index contributed by atoms with van der Waals surface area (Å²) in [5.74, 6) is 0.225. The molecular weight excluding hydrogens is 305 g/mol. The topological polar surface area (TPSA) is 22.0 Å². The summed E-state index contributed by atoms with van der Waals surface area (Å²) in [6.07, 6.45) is 1.48. The van der Waals surface area contributed by atoms with Gasteiger partial charge in [0.05, 0.1) is 10.0 Å². The molecular formula is C17H17Cl2NO. The standard InChI is InChI=1S/C17H17Cl2NO/c1-10-6-12-15(8-17(2,3)9-16(12)21)20(10)11-4-5-13(18)14(19)7-11/h4-7H,8-9H2,1-3H3. The Labute approximate surface area is 134 Å². The van der Waals surface area contributed by atoms with E-state index < -0.39 is 0 Å². The van der Waals surface area contributed by atoms with Gasteiger partial charge in [0, 0.05) is 29.1 Å². The van der Waals surface area contributed by atoms with Gasteiger partial charge in [-0.2, -0.15) is 0 Å². The first-order valence-electron chi connectivity index (χ1n) is 6.98. The minimum Gasteiger partial charge on any atom is -0.317 e. The maximum atomic E-state index is 12.4. The van der Waals surface area contributed by atoms with E-state index >= 15 is 0 Å². The van der Waals surface area contributed by atoms with Gasteiger partial charge in [-0.05, 0) is 43.0 Å². The third-order valence-corrected chi connectivity index (χ3v) is 4.77. The molecule has 110 valence electrons. The summed E-state index contributed by atoms with van der Waals surface area (Å²) < 4.78 is 2.12. The van der Waals surface area contributed by atoms with E-state index in [-0.39, 0.29) is 11.2 Å². The summed E-state index contributed by atoms with van der Waals surface area (Å²) in [5.41, 5.74) is 3.91. The Morgan fingerprint density at radius 2 is 1.81 bits per heavy atom. The normalized spacial score (nSPS) is 16.9. The Morgan fingerprint density at radius 3 is 2.48 bits per heavy atom. The van der Waals surface area contributed by atoms with E-state index in [2.05, 4.69) is 18.4 Å². The van der Waals surface area contributed by atoms with Crippen molar-refractivity contribution in [2.45, 2.75) is 33.6 Å². The van der Waals surface area contributed by atoms with E-state index in [1.54, 1.807) is 6.07 Å². The van der Waals surface area contributed by atoms with Gasteiger partial charge < -0.3 is 4.57 Å². The quantitative estimate of drug-likeness (QED) is 0.703. The first-order chi connectivity index (χ1) is 9.78. The number of hydrogen-bond acceptors (Lipinski definition) is 1. The second-order valence-electron chi connectivity index (χ2n) is 6.52. The van der Waals surface area contributed by atoms with Crippen LogP contribution in [0.3, 0.4) is 0 Å². The Morgan fingerprint density at radius 1 is 1.10 bits per heavy atom. The molecule has 0 radical (unpaired) electrons. The lowest BCUT2D eigenvalue weighted by Gasteiger charge is -2.30. The highest BCUT2D eigenvalue weighted by molar-refractivity contribution is 6.42. The number of hydrogen-bond donors (Lipinski definition) is 0. The number of rotatable bonds is 1. The van der Waals surface area contributed by atoms with Crippen LogP contribution in [-0.2, 0) is 6.42 Å². The number of carbonyl (C=O) groups excluding carboxylic acids is 1. The fraction of sp³-hybridized carbons (Fsp3) is 0.353. The molecule has 1 aliphatic carbocycles. The molecule has 0 atom stereocenters. The van der Waals surface area contributed by atoms with Gasteiger partial charge in [0.25, 0.3) is 0 Å². The molecule has 0 aliphatic heterocycles. The molecule has 2 aromatic rings. The molecule has 1 aromatic heterocycles. The van der Waals surface area contributed by atoms with Gasteiger partial charge >= 0.3 is 0 Å². The number of aryl methyl sites for hydroxylation is 1. The molecule has 0 saturated heterocycles. The van der Waals surface area contributed by atoms with Crippen LogP contribution in [0, 0.1) is 12.3 Å². The van der Waals surface area contributed by atoms with Crippen molar-refractivity contribution in [3.63, 3.8) is 0 Å². The number of benzene rings is 1. The van der Waals surface area contributed by atoms with Crippen LogP contribution in [0.2, 0.25) is 10.0 Å². The highest BCUT2D eigenvalue weighted by Crippen LogP contribution is 2.38. The van der Waals surface area contributed by atoms with Crippen molar-refractivity contribution in [2.24, 2.45) is 5.41 Å². The first-order valence-corrected chi connectivity index (χ1v) is 7.74. The summed E-state index contributed by atoms with van der Waals surface area (Å²) in [7, 11) is 0. The van der Waals surface area contributed by atoms with Crippen molar-refractivity contribution in [2.75, 3.05) is 0 Å². The molecule has 0 saturated carbocycles. The molecule has 3 rings (SSSR count). The van der Waals surface area contributed by atoms with Gasteiger partial charge in [-0.15, -0.1) is 0 Å². The van der Waals surface area contributed by atoms with Crippen molar-refractivity contribution in [3.05, 3.63) is 51.3 Å². The zero-order valence-electron chi connectivity index (χ0n) is 12.3. The lowest BCUT2D eigenvalue weighted by molar-refractivity contribution is 0.0911. The van der Waals surface area contributed by atoms with E-state index in [4.69, 9.17) is 23.2 Å². The summed E-state index contributed by atoms with van der Waals surface area (Å²) in [5, 5.41) is 1.06. The third-order valence-electron chi connectivity index (χ3n) is 4.03. The van der Waals surface area contributed by atoms with Crippen molar-refractivity contribution in [1.29, 1.82) is 0 Å². The predicted molar refractivity (Wildman–Crippen MR) is 87.0 cm³/mol. The molecule has 0 spiro atoms. The molecule has 21 heavy (non-hydrogen) atoms. The van der Waals surface area contributed by atoms with E-state index in [0.717, 1.165) is 29.1 Å². The van der Waals surface area contributed by atoms with Crippen LogP contribution in [0.4, 0.5) is 0 Å². The number of Topliss-reactive ketones (excluding diaryl/α,β-unsaturated/α-hetero) is 1. The highest BCUT2D eigenvalue weighted by Gasteiger charge is 2.34. The van der Waals surface area contributed by atoms with Crippen molar-refractivity contribution in [1.82, 2.24) is 4.57 Å². The molecule has 0 fully saturated rings. The zero-order chi connectivity index (χ0) is 15.4. The van der Waals surface area contributed by atoms with Crippen LogP contribution < -0.4 is 0 Å². The van der Waals surface area contributed by atoms with Gasteiger partial charge in [0.15, 0.2) is 5.78 Å². The maximum absolute atomic E-state index is 12.4. The molecule has 1 aromatic carbocycles. The third kappa shape index (κ3) is 2.51. The molecule has 2 nitrogen and oxygen atoms in total. The maximum Gasteiger partial charge on any atom is 0.165 e. The van der Waals surface area contributed by atoms with Crippen molar-refractivity contribution < 1.29 is 4.79 Å². The number of nitrogens with zero attached hydrogens (tertiary/aromatic N) is 1. The van der Waals surface area contributed by atoms with Crippen LogP contribution in [0.15, 0.2) is 24.3 Å². The average Bonchev–Trinajstić information content (AvgIpc) is 2.68. The van der Waals surface area contributed by atoms with E-state index in [9.17, 15) is 4.79 Å². The number of ketones is 1. The van der Waals surface area contributed by atoms with Gasteiger partial charge in [-0.25, -0.2) is 0 Å². The van der Waals surface area contributed by atoms with Crippen LogP contribution in [-0.4, -0.2) is 10.4 Å². The lowest BCUT2D eigenvalue weighted by Crippen LogP contribution is -2.27. The Bertz CT molecular complexity index is 743. The summed E-state index contributed by atoms with van der Waals surface area (Å²) in [6, 6.07) is 7.56. The molecule has 0 bridgehead atoms. The van der Waals surface area contributed by atoms with Gasteiger partial charge in [-0.3, -0.25) is 4.79 Å². The molecule has 1 heterocycles. The Hall–Kier alpha value is -1.25. The SMILES string of the molecule is Cc1cc2c(n1-c1ccc(Cl)c(Cl)c1)CC(C)(C)CC2=O. The lowest BCUT2D eigenvalue weighted by atomic mass is 9.76. The summed E-state index contributed by atoms with van der Waals surface area (Å²) >= 11 is 12.1. The van der Waals surface area contributed by atoms with Crippen molar-refractivity contribution >= 4 is 29.0 Å². The fourth-order valence-electron chi connectivity index (χ4n) is 3.14. The number of carbonyl (C=O) groups is 1. The van der Waals surface area contributed by atoms with E-state index in [1.807, 2.05) is 25.1 Å². The van der Waals surface area contributed by atoms with Crippen LogP contribution >= 0.6 is 23.2 Å². The second-order valence-corrected chi connectivity index (χ2v) is 7.34. The predicted octanol–water partition coefficient (Wildman–Crippen LogP) is 5.25. The van der Waals surface area contributed by atoms with Crippen LogP contribution in [0.25, 0.3) is 5.69 Å². The monoisotopic (exact) mass is 321 g/mol. The largest absolute Gasteiger partial charge is 0.317 e. The summed E-state index contributed by atoms with van der Waals surface area (Å²) in [4.78, 5) is 12.4. The second kappa shape index (κ2) is 4.89. The summed E-state index contributed by atoms with van der Waals surface area (Å²) in [6.45, 7) is 6.28. The molecule has 4 heteroatoms. The van der Waals surface area contributed by atoms with Crippen molar-refractivity contribution in [3.8, 4) is 5.69 Å². The number of aromatic nitrogens is 1. The molecule has 1 aliphatic rings. The highest BCUT2D eigenvalue weighted by atomic mass is 35.5. The minimum atomic E-state index is -0.0111. The smallest absolute Gasteiger partial charge is 0.165 e. The van der Waals surface area contributed by atoms with E-state index in [0.29, 0.717) is 16.5 Å². The van der Waals surface area contributed by atoms with Gasteiger partial charge in [0.2, 0.25) is 0 Å². The average molecular weight is 322 g/mol. The van der Waals surface area contributed by atoms with Gasteiger partial charge in [-0.1, -0.05) is 37.0 Å².